The molecule has 1 aromatic carbocycles. The van der Waals surface area contributed by atoms with Gasteiger partial charge in [-0.05, 0) is 19.1 Å². The number of carbonyl (C=O) groups excluding carboxylic acids is 2. The molecule has 19 heavy (non-hydrogen) atoms. The number of esters is 1. The van der Waals surface area contributed by atoms with Gasteiger partial charge in [0.05, 0.1) is 7.11 Å². The minimum atomic E-state index is -0.546. The summed E-state index contributed by atoms with van der Waals surface area (Å²) in [7, 11) is 1.33. The van der Waals surface area contributed by atoms with E-state index in [-0.39, 0.29) is 12.0 Å². The number of hydrogen-bond donors (Lipinski definition) is 1. The van der Waals surface area contributed by atoms with E-state index in [9.17, 15) is 9.59 Å². The van der Waals surface area contributed by atoms with E-state index < -0.39 is 5.37 Å². The molecule has 1 atom stereocenters. The SMILES string of the molecule is COC(=O)C1SCCN1C(=O)Nc1ccc(C)cc1. The number of rotatable bonds is 2. The predicted octanol–water partition coefficient (Wildman–Crippen LogP) is 2.07. The Morgan fingerprint density at radius 3 is 2.68 bits per heavy atom. The lowest BCUT2D eigenvalue weighted by atomic mass is 10.2. The third kappa shape index (κ3) is 3.20. The van der Waals surface area contributed by atoms with Gasteiger partial charge in [0.25, 0.3) is 0 Å². The number of amides is 2. The third-order valence-corrected chi connectivity index (χ3v) is 4.04. The lowest BCUT2D eigenvalue weighted by Gasteiger charge is -2.22. The quantitative estimate of drug-likeness (QED) is 0.843. The van der Waals surface area contributed by atoms with Gasteiger partial charge in [0.15, 0.2) is 5.37 Å². The smallest absolute Gasteiger partial charge is 0.339 e. The molecule has 1 fully saturated rings. The van der Waals surface area contributed by atoms with E-state index in [0.29, 0.717) is 6.54 Å². The van der Waals surface area contributed by atoms with Crippen molar-refractivity contribution in [3.05, 3.63) is 29.8 Å². The highest BCUT2D eigenvalue weighted by Gasteiger charge is 2.35. The second kappa shape index (κ2) is 5.97. The van der Waals surface area contributed by atoms with Crippen molar-refractivity contribution in [2.75, 3.05) is 24.7 Å². The van der Waals surface area contributed by atoms with E-state index in [4.69, 9.17) is 4.74 Å². The fraction of sp³-hybridized carbons (Fsp3) is 0.385. The van der Waals surface area contributed by atoms with E-state index in [1.165, 1.54) is 23.8 Å². The molecular formula is C13H16N2O3S. The summed E-state index contributed by atoms with van der Waals surface area (Å²) in [6.07, 6.45) is 0. The van der Waals surface area contributed by atoms with Crippen molar-refractivity contribution in [3.8, 4) is 0 Å². The maximum Gasteiger partial charge on any atom is 0.339 e. The van der Waals surface area contributed by atoms with Gasteiger partial charge in [-0.25, -0.2) is 9.59 Å². The van der Waals surface area contributed by atoms with E-state index in [0.717, 1.165) is 17.0 Å². The van der Waals surface area contributed by atoms with E-state index in [1.807, 2.05) is 31.2 Å². The number of nitrogens with one attached hydrogen (secondary N) is 1. The van der Waals surface area contributed by atoms with Gasteiger partial charge >= 0.3 is 12.0 Å². The van der Waals surface area contributed by atoms with Crippen LogP contribution in [0.25, 0.3) is 0 Å². The number of ether oxygens (including phenoxy) is 1. The minimum absolute atomic E-state index is 0.274. The van der Waals surface area contributed by atoms with Gasteiger partial charge in [-0.15, -0.1) is 11.8 Å². The van der Waals surface area contributed by atoms with Crippen molar-refractivity contribution in [3.63, 3.8) is 0 Å². The van der Waals surface area contributed by atoms with Crippen LogP contribution in [0.4, 0.5) is 10.5 Å². The van der Waals surface area contributed by atoms with Crippen molar-refractivity contribution in [2.24, 2.45) is 0 Å². The topological polar surface area (TPSA) is 58.6 Å². The molecule has 1 unspecified atom stereocenters. The van der Waals surface area contributed by atoms with Crippen LogP contribution in [0.3, 0.4) is 0 Å². The summed E-state index contributed by atoms with van der Waals surface area (Å²) in [6.45, 7) is 2.53. The molecule has 0 aliphatic carbocycles. The summed E-state index contributed by atoms with van der Waals surface area (Å²) in [4.78, 5) is 25.2. The molecule has 0 saturated carbocycles. The minimum Gasteiger partial charge on any atom is -0.467 e. The highest BCUT2D eigenvalue weighted by atomic mass is 32.2. The Morgan fingerprint density at radius 2 is 2.05 bits per heavy atom. The van der Waals surface area contributed by atoms with Gasteiger partial charge in [0.1, 0.15) is 0 Å². The van der Waals surface area contributed by atoms with E-state index >= 15 is 0 Å². The number of thioether (sulfide) groups is 1. The number of hydrogen-bond acceptors (Lipinski definition) is 4. The number of benzene rings is 1. The molecule has 1 N–H and O–H groups in total. The van der Waals surface area contributed by atoms with Crippen LogP contribution in [0, 0.1) is 6.92 Å². The van der Waals surface area contributed by atoms with Crippen LogP contribution in [0.15, 0.2) is 24.3 Å². The number of aryl methyl sites for hydroxylation is 1. The molecule has 0 radical (unpaired) electrons. The van der Waals surface area contributed by atoms with Gasteiger partial charge in [-0.2, -0.15) is 0 Å². The first kappa shape index (κ1) is 13.7. The summed E-state index contributed by atoms with van der Waals surface area (Å²) in [5.74, 6) is 0.350. The van der Waals surface area contributed by atoms with Crippen molar-refractivity contribution < 1.29 is 14.3 Å². The van der Waals surface area contributed by atoms with Gasteiger partial charge in [0.2, 0.25) is 0 Å². The molecule has 102 valence electrons. The molecule has 1 heterocycles. The largest absolute Gasteiger partial charge is 0.467 e. The van der Waals surface area contributed by atoms with Crippen LogP contribution in [0.1, 0.15) is 5.56 Å². The van der Waals surface area contributed by atoms with Crippen molar-refractivity contribution in [1.29, 1.82) is 0 Å². The van der Waals surface area contributed by atoms with Crippen molar-refractivity contribution in [1.82, 2.24) is 4.90 Å². The van der Waals surface area contributed by atoms with Crippen molar-refractivity contribution in [2.45, 2.75) is 12.3 Å². The maximum atomic E-state index is 12.1. The Balaban J connectivity index is 2.03. The molecule has 6 heteroatoms. The molecule has 2 amide bonds. The average molecular weight is 280 g/mol. The molecule has 0 aromatic heterocycles. The zero-order valence-electron chi connectivity index (χ0n) is 10.9. The first-order valence-electron chi connectivity index (χ1n) is 5.95. The van der Waals surface area contributed by atoms with Crippen LogP contribution in [-0.4, -0.2) is 41.7 Å². The van der Waals surface area contributed by atoms with Crippen LogP contribution < -0.4 is 5.32 Å². The zero-order valence-corrected chi connectivity index (χ0v) is 11.7. The van der Waals surface area contributed by atoms with Crippen LogP contribution >= 0.6 is 11.8 Å². The number of methoxy groups -OCH3 is 1. The summed E-state index contributed by atoms with van der Waals surface area (Å²) >= 11 is 1.42. The Morgan fingerprint density at radius 1 is 1.37 bits per heavy atom. The predicted molar refractivity (Wildman–Crippen MR) is 75.2 cm³/mol. The third-order valence-electron chi connectivity index (χ3n) is 2.86. The number of anilines is 1. The second-order valence-electron chi connectivity index (χ2n) is 4.24. The Kier molecular flexibility index (Phi) is 4.31. The fourth-order valence-electron chi connectivity index (χ4n) is 1.81. The summed E-state index contributed by atoms with van der Waals surface area (Å²) in [6, 6.07) is 7.25. The number of nitrogens with zero attached hydrogens (tertiary/aromatic N) is 1. The lowest BCUT2D eigenvalue weighted by molar-refractivity contribution is -0.142. The lowest BCUT2D eigenvalue weighted by Crippen LogP contribution is -2.42. The maximum absolute atomic E-state index is 12.1. The Hall–Kier alpha value is -1.69. The van der Waals surface area contributed by atoms with Gasteiger partial charge < -0.3 is 15.0 Å². The van der Waals surface area contributed by atoms with Gasteiger partial charge in [-0.1, -0.05) is 17.7 Å². The molecule has 5 nitrogen and oxygen atoms in total. The highest BCUT2D eigenvalue weighted by Crippen LogP contribution is 2.25. The molecule has 1 aliphatic rings. The molecule has 0 spiro atoms. The summed E-state index contributed by atoms with van der Waals surface area (Å²) in [5, 5.41) is 2.24. The zero-order chi connectivity index (χ0) is 13.8. The summed E-state index contributed by atoms with van der Waals surface area (Å²) in [5.41, 5.74) is 1.85. The average Bonchev–Trinajstić information content (AvgIpc) is 2.90. The van der Waals surface area contributed by atoms with Crippen molar-refractivity contribution >= 4 is 29.4 Å². The highest BCUT2D eigenvalue weighted by molar-refractivity contribution is 8.00. The first-order valence-corrected chi connectivity index (χ1v) is 7.00. The molecule has 1 aromatic rings. The van der Waals surface area contributed by atoms with E-state index in [1.54, 1.807) is 0 Å². The van der Waals surface area contributed by atoms with Crippen LogP contribution in [-0.2, 0) is 9.53 Å². The second-order valence-corrected chi connectivity index (χ2v) is 5.42. The standard InChI is InChI=1S/C13H16N2O3S/c1-9-3-5-10(6-4-9)14-13(17)15-7-8-19-11(15)12(16)18-2/h3-6,11H,7-8H2,1-2H3,(H,14,17). The van der Waals surface area contributed by atoms with Crippen LogP contribution in [0.2, 0.25) is 0 Å². The van der Waals surface area contributed by atoms with E-state index in [2.05, 4.69) is 5.32 Å². The molecule has 2 rings (SSSR count). The summed E-state index contributed by atoms with van der Waals surface area (Å²) < 4.78 is 4.70. The molecule has 1 saturated heterocycles. The Bertz CT molecular complexity index is 475. The number of carbonyl (C=O) groups is 2. The Labute approximate surface area is 116 Å². The molecule has 0 bridgehead atoms. The van der Waals surface area contributed by atoms with Crippen LogP contribution in [0.5, 0.6) is 0 Å². The molecular weight excluding hydrogens is 264 g/mol. The number of urea groups is 1. The fourth-order valence-corrected chi connectivity index (χ4v) is 2.94. The van der Waals surface area contributed by atoms with Gasteiger partial charge in [-0.3, -0.25) is 0 Å². The monoisotopic (exact) mass is 280 g/mol. The first-order chi connectivity index (χ1) is 9.11. The normalized spacial score (nSPS) is 18.2. The molecule has 1 aliphatic heterocycles. The van der Waals surface area contributed by atoms with Gasteiger partial charge in [0, 0.05) is 18.0 Å².